The number of ether oxygens (including phenoxy) is 1. The van der Waals surface area contributed by atoms with Gasteiger partial charge in [-0.2, -0.15) is 0 Å². The van der Waals surface area contributed by atoms with Crippen molar-refractivity contribution in [3.05, 3.63) is 65.5 Å². The third kappa shape index (κ3) is 3.34. The molecule has 1 aliphatic rings. The summed E-state index contributed by atoms with van der Waals surface area (Å²) < 4.78 is 34.3. The molecule has 26 heavy (non-hydrogen) atoms. The van der Waals surface area contributed by atoms with Gasteiger partial charge in [-0.1, -0.05) is 24.3 Å². The summed E-state index contributed by atoms with van der Waals surface area (Å²) in [6, 6.07) is 10.4. The molecular weight excluding hydrogens is 338 g/mol. The summed E-state index contributed by atoms with van der Waals surface area (Å²) in [6.07, 6.45) is 3.75. The van der Waals surface area contributed by atoms with Crippen LogP contribution < -0.4 is 0 Å². The lowest BCUT2D eigenvalue weighted by Gasteiger charge is -2.26. The molecule has 3 aromatic rings. The lowest BCUT2D eigenvalue weighted by Crippen LogP contribution is -2.24. The molecule has 0 saturated carbocycles. The number of halogens is 2. The molecule has 1 aromatic heterocycles. The van der Waals surface area contributed by atoms with Gasteiger partial charge in [-0.05, 0) is 30.4 Å². The normalized spacial score (nSPS) is 18.0. The van der Waals surface area contributed by atoms with E-state index in [9.17, 15) is 13.9 Å². The monoisotopic (exact) mass is 358 g/mol. The molecule has 0 radical (unpaired) electrons. The molecule has 4 nitrogen and oxygen atoms in total. The summed E-state index contributed by atoms with van der Waals surface area (Å²) in [5.74, 6) is -1.86. The average Bonchev–Trinajstić information content (AvgIpc) is 3.02. The Balaban J connectivity index is 1.42. The number of aromatic nitrogens is 2. The first-order valence-electron chi connectivity index (χ1n) is 8.79. The number of rotatable bonds is 5. The van der Waals surface area contributed by atoms with Crippen molar-refractivity contribution in [3.63, 3.8) is 0 Å². The van der Waals surface area contributed by atoms with E-state index in [1.165, 1.54) is 17.5 Å². The van der Waals surface area contributed by atoms with Crippen molar-refractivity contribution < 1.29 is 18.6 Å². The molecule has 1 N–H and O–H groups in total. The maximum atomic E-state index is 13.5. The first kappa shape index (κ1) is 17.1. The first-order valence-corrected chi connectivity index (χ1v) is 8.79. The van der Waals surface area contributed by atoms with E-state index in [1.54, 1.807) is 4.57 Å². The van der Waals surface area contributed by atoms with Crippen molar-refractivity contribution in [1.82, 2.24) is 9.55 Å². The van der Waals surface area contributed by atoms with E-state index >= 15 is 0 Å². The summed E-state index contributed by atoms with van der Waals surface area (Å²) in [6.45, 7) is 0.373. The van der Waals surface area contributed by atoms with Gasteiger partial charge in [-0.3, -0.25) is 0 Å². The minimum Gasteiger partial charge on any atom is -0.389 e. The van der Waals surface area contributed by atoms with Crippen LogP contribution in [0.2, 0.25) is 0 Å². The largest absolute Gasteiger partial charge is 0.389 e. The van der Waals surface area contributed by atoms with Crippen LogP contribution in [0.1, 0.15) is 30.1 Å². The van der Waals surface area contributed by atoms with Gasteiger partial charge in [0.25, 0.3) is 0 Å². The smallest absolute Gasteiger partial charge is 0.161 e. The molecule has 0 saturated heterocycles. The van der Waals surface area contributed by atoms with Crippen molar-refractivity contribution in [1.29, 1.82) is 0 Å². The Morgan fingerprint density at radius 2 is 2.04 bits per heavy atom. The Hall–Kier alpha value is -2.31. The second kappa shape index (κ2) is 7.13. The lowest BCUT2D eigenvalue weighted by atomic mass is 9.89. The molecule has 0 aliphatic heterocycles. The molecule has 2 atom stereocenters. The van der Waals surface area contributed by atoms with Gasteiger partial charge in [0.15, 0.2) is 11.6 Å². The molecule has 2 unspecified atom stereocenters. The van der Waals surface area contributed by atoms with Crippen LogP contribution in [0.25, 0.3) is 11.0 Å². The molecule has 0 bridgehead atoms. The van der Waals surface area contributed by atoms with Crippen LogP contribution in [0.5, 0.6) is 0 Å². The first-order chi connectivity index (χ1) is 12.6. The zero-order valence-electron chi connectivity index (χ0n) is 14.2. The van der Waals surface area contributed by atoms with E-state index in [-0.39, 0.29) is 19.3 Å². The highest BCUT2D eigenvalue weighted by Gasteiger charge is 2.21. The second-order valence-electron chi connectivity index (χ2n) is 6.72. The number of benzene rings is 2. The summed E-state index contributed by atoms with van der Waals surface area (Å²) in [5, 5.41) is 10.3. The standard InChI is InChI=1S/C20H20F2N2O2/c21-16-8-18-19(9-17(16)22)24(12-23-18)10-14(25)11-26-20-7-3-5-13-4-1-2-6-15(13)20/h1-2,4,6,8-9,12,14,20,25H,3,5,7,10-11H2. The number of fused-ring (bicyclic) bond motifs is 2. The van der Waals surface area contributed by atoms with E-state index in [0.29, 0.717) is 11.0 Å². The maximum Gasteiger partial charge on any atom is 0.161 e. The number of hydrogen-bond donors (Lipinski definition) is 1. The van der Waals surface area contributed by atoms with Crippen molar-refractivity contribution in [2.75, 3.05) is 6.61 Å². The third-order valence-corrected chi connectivity index (χ3v) is 4.87. The molecule has 0 spiro atoms. The van der Waals surface area contributed by atoms with Gasteiger partial charge in [0, 0.05) is 12.1 Å². The van der Waals surface area contributed by atoms with E-state index in [0.717, 1.165) is 31.4 Å². The number of nitrogens with zero attached hydrogens (tertiary/aromatic N) is 2. The highest BCUT2D eigenvalue weighted by molar-refractivity contribution is 5.75. The number of hydrogen-bond acceptors (Lipinski definition) is 3. The van der Waals surface area contributed by atoms with E-state index in [2.05, 4.69) is 17.1 Å². The minimum absolute atomic E-state index is 0.0133. The molecule has 1 heterocycles. The Labute approximate surface area is 150 Å². The van der Waals surface area contributed by atoms with Crippen LogP contribution in [0, 0.1) is 11.6 Å². The number of imidazole rings is 1. The Bertz CT molecular complexity index is 925. The summed E-state index contributed by atoms with van der Waals surface area (Å²) in [5.41, 5.74) is 3.30. The predicted molar refractivity (Wildman–Crippen MR) is 93.7 cm³/mol. The van der Waals surface area contributed by atoms with Gasteiger partial charge in [-0.25, -0.2) is 13.8 Å². The van der Waals surface area contributed by atoms with Crippen LogP contribution >= 0.6 is 0 Å². The highest BCUT2D eigenvalue weighted by atomic mass is 19.2. The van der Waals surface area contributed by atoms with E-state index in [1.807, 2.05) is 12.1 Å². The zero-order valence-corrected chi connectivity index (χ0v) is 14.2. The van der Waals surface area contributed by atoms with E-state index < -0.39 is 17.7 Å². The zero-order chi connectivity index (χ0) is 18.1. The second-order valence-corrected chi connectivity index (χ2v) is 6.72. The molecule has 0 amide bonds. The molecule has 2 aromatic carbocycles. The molecule has 0 fully saturated rings. The fourth-order valence-corrected chi connectivity index (χ4v) is 3.59. The molecule has 6 heteroatoms. The fraction of sp³-hybridized carbons (Fsp3) is 0.350. The van der Waals surface area contributed by atoms with E-state index in [4.69, 9.17) is 4.74 Å². The summed E-state index contributed by atoms with van der Waals surface area (Å²) in [4.78, 5) is 4.06. The van der Waals surface area contributed by atoms with Gasteiger partial charge in [0.1, 0.15) is 0 Å². The van der Waals surface area contributed by atoms with Gasteiger partial charge >= 0.3 is 0 Å². The van der Waals surface area contributed by atoms with Gasteiger partial charge in [0.2, 0.25) is 0 Å². The predicted octanol–water partition coefficient (Wildman–Crippen LogP) is 3.77. The lowest BCUT2D eigenvalue weighted by molar-refractivity contribution is -0.0222. The highest BCUT2D eigenvalue weighted by Crippen LogP contribution is 2.32. The van der Waals surface area contributed by atoms with Crippen molar-refractivity contribution >= 4 is 11.0 Å². The van der Waals surface area contributed by atoms with Crippen LogP contribution in [0.4, 0.5) is 8.78 Å². The average molecular weight is 358 g/mol. The maximum absolute atomic E-state index is 13.5. The summed E-state index contributed by atoms with van der Waals surface area (Å²) in [7, 11) is 0. The number of aryl methyl sites for hydroxylation is 1. The Morgan fingerprint density at radius 3 is 2.92 bits per heavy atom. The topological polar surface area (TPSA) is 47.3 Å². The molecular formula is C20H20F2N2O2. The van der Waals surface area contributed by atoms with Crippen LogP contribution in [0.15, 0.2) is 42.7 Å². The Kier molecular flexibility index (Phi) is 4.70. The summed E-state index contributed by atoms with van der Waals surface area (Å²) >= 11 is 0. The Morgan fingerprint density at radius 1 is 1.23 bits per heavy atom. The molecule has 1 aliphatic carbocycles. The number of aliphatic hydroxyl groups is 1. The van der Waals surface area contributed by atoms with Crippen LogP contribution in [0.3, 0.4) is 0 Å². The van der Waals surface area contributed by atoms with Crippen molar-refractivity contribution in [2.45, 2.75) is 38.0 Å². The molecule has 136 valence electrons. The SMILES string of the molecule is OC(COC1CCCc2ccccc21)Cn1cnc2cc(F)c(F)cc21. The third-order valence-electron chi connectivity index (χ3n) is 4.87. The minimum atomic E-state index is -0.928. The van der Waals surface area contributed by atoms with Crippen LogP contribution in [-0.4, -0.2) is 27.4 Å². The quantitative estimate of drug-likeness (QED) is 0.755. The number of aliphatic hydroxyl groups excluding tert-OH is 1. The van der Waals surface area contributed by atoms with Crippen LogP contribution in [-0.2, 0) is 17.7 Å². The van der Waals surface area contributed by atoms with Crippen molar-refractivity contribution in [2.24, 2.45) is 0 Å². The molecule has 4 rings (SSSR count). The van der Waals surface area contributed by atoms with Gasteiger partial charge in [-0.15, -0.1) is 0 Å². The fourth-order valence-electron chi connectivity index (χ4n) is 3.59. The van der Waals surface area contributed by atoms with Crippen molar-refractivity contribution in [3.8, 4) is 0 Å². The van der Waals surface area contributed by atoms with Gasteiger partial charge in [0.05, 0.1) is 42.7 Å². The van der Waals surface area contributed by atoms with Gasteiger partial charge < -0.3 is 14.4 Å².